The third kappa shape index (κ3) is 6.20. The van der Waals surface area contributed by atoms with E-state index in [-0.39, 0.29) is 12.1 Å². The van der Waals surface area contributed by atoms with Gasteiger partial charge in [0, 0.05) is 37.6 Å². The van der Waals surface area contributed by atoms with E-state index in [2.05, 4.69) is 25.5 Å². The number of hydrogen-bond acceptors (Lipinski definition) is 5. The molecule has 1 aliphatic rings. The Morgan fingerprint density at radius 3 is 2.59 bits per heavy atom. The predicted octanol–water partition coefficient (Wildman–Crippen LogP) is 3.83. The van der Waals surface area contributed by atoms with Crippen LogP contribution in [0.4, 0.5) is 10.6 Å². The quantitative estimate of drug-likeness (QED) is 0.594. The highest BCUT2D eigenvalue weighted by molar-refractivity contribution is 5.74. The first-order valence-corrected chi connectivity index (χ1v) is 11.0. The molecule has 2 N–H and O–H groups in total. The fourth-order valence-corrected chi connectivity index (χ4v) is 3.72. The summed E-state index contributed by atoms with van der Waals surface area (Å²) in [4.78, 5) is 23.4. The van der Waals surface area contributed by atoms with Gasteiger partial charge in [0.15, 0.2) is 0 Å². The lowest BCUT2D eigenvalue weighted by Crippen LogP contribution is -2.48. The van der Waals surface area contributed by atoms with E-state index in [1.54, 1.807) is 6.20 Å². The second-order valence-corrected chi connectivity index (χ2v) is 7.98. The van der Waals surface area contributed by atoms with Crippen molar-refractivity contribution < 1.29 is 9.53 Å². The highest BCUT2D eigenvalue weighted by Crippen LogP contribution is 2.18. The zero-order valence-corrected chi connectivity index (χ0v) is 18.3. The van der Waals surface area contributed by atoms with Crippen LogP contribution in [0.5, 0.6) is 5.75 Å². The van der Waals surface area contributed by atoms with E-state index in [4.69, 9.17) is 4.74 Å². The number of carbonyl (C=O) groups excluding carboxylic acids is 1. The Morgan fingerprint density at radius 1 is 1.06 bits per heavy atom. The minimum Gasteiger partial charge on any atom is -0.487 e. The van der Waals surface area contributed by atoms with E-state index in [9.17, 15) is 4.79 Å². The molecule has 1 fully saturated rings. The van der Waals surface area contributed by atoms with Crippen LogP contribution in [0, 0.1) is 6.92 Å². The Bertz CT molecular complexity index is 1000. The number of urea groups is 1. The number of nitrogens with one attached hydrogen (secondary N) is 2. The van der Waals surface area contributed by atoms with Crippen LogP contribution in [0.1, 0.15) is 29.8 Å². The first-order valence-electron chi connectivity index (χ1n) is 11.0. The van der Waals surface area contributed by atoms with Crippen LogP contribution in [0.3, 0.4) is 0 Å². The van der Waals surface area contributed by atoms with E-state index in [0.29, 0.717) is 13.2 Å². The van der Waals surface area contributed by atoms with Gasteiger partial charge in [0.25, 0.3) is 0 Å². The summed E-state index contributed by atoms with van der Waals surface area (Å²) >= 11 is 0. The van der Waals surface area contributed by atoms with E-state index in [1.807, 2.05) is 67.6 Å². The number of benzene rings is 1. The minimum absolute atomic E-state index is 0.132. The number of aromatic nitrogens is 2. The minimum atomic E-state index is -0.132. The highest BCUT2D eigenvalue weighted by Gasteiger charge is 2.21. The molecule has 3 aromatic rings. The van der Waals surface area contributed by atoms with E-state index in [0.717, 1.165) is 54.4 Å². The van der Waals surface area contributed by atoms with Crippen LogP contribution in [0.2, 0.25) is 0 Å². The SMILES string of the molecule is Cc1cccc(N2CCC(NC(=O)NCc3ccc(OCc4ccccn4)cc3)CC2)n1. The summed E-state index contributed by atoms with van der Waals surface area (Å²) in [7, 11) is 0. The number of anilines is 1. The molecule has 0 spiro atoms. The Labute approximate surface area is 188 Å². The third-order valence-electron chi connectivity index (χ3n) is 5.52. The molecule has 2 amide bonds. The van der Waals surface area contributed by atoms with Crippen LogP contribution in [0.15, 0.2) is 66.9 Å². The summed E-state index contributed by atoms with van der Waals surface area (Å²) in [6.07, 6.45) is 3.57. The van der Waals surface area contributed by atoms with Crippen molar-refractivity contribution >= 4 is 11.8 Å². The van der Waals surface area contributed by atoms with Gasteiger partial charge in [0.1, 0.15) is 18.2 Å². The molecule has 7 nitrogen and oxygen atoms in total. The molecular formula is C25H29N5O2. The fraction of sp³-hybridized carbons (Fsp3) is 0.320. The number of amides is 2. The third-order valence-corrected chi connectivity index (χ3v) is 5.52. The molecule has 166 valence electrons. The van der Waals surface area contributed by atoms with E-state index in [1.165, 1.54) is 0 Å². The molecule has 0 bridgehead atoms. The molecule has 1 aliphatic heterocycles. The van der Waals surface area contributed by atoms with Gasteiger partial charge in [-0.1, -0.05) is 24.3 Å². The van der Waals surface area contributed by atoms with Gasteiger partial charge in [-0.05, 0) is 61.7 Å². The van der Waals surface area contributed by atoms with Crippen molar-refractivity contribution in [1.82, 2.24) is 20.6 Å². The molecule has 0 atom stereocenters. The number of hydrogen-bond donors (Lipinski definition) is 2. The monoisotopic (exact) mass is 431 g/mol. The Morgan fingerprint density at radius 2 is 1.88 bits per heavy atom. The first-order chi connectivity index (χ1) is 15.7. The van der Waals surface area contributed by atoms with Crippen molar-refractivity contribution in [3.63, 3.8) is 0 Å². The van der Waals surface area contributed by atoms with Crippen molar-refractivity contribution in [3.05, 3.63) is 83.8 Å². The van der Waals surface area contributed by atoms with Crippen LogP contribution in [-0.2, 0) is 13.2 Å². The summed E-state index contributed by atoms with van der Waals surface area (Å²) in [6, 6.07) is 19.6. The lowest BCUT2D eigenvalue weighted by molar-refractivity contribution is 0.234. The number of rotatable bonds is 7. The number of ether oxygens (including phenoxy) is 1. The van der Waals surface area contributed by atoms with E-state index >= 15 is 0 Å². The standard InChI is InChI=1S/C25H29N5O2/c1-19-5-4-7-24(28-19)30-15-12-21(13-16-30)29-25(31)27-17-20-8-10-23(11-9-20)32-18-22-6-2-3-14-26-22/h2-11,14,21H,12-13,15-18H2,1H3,(H2,27,29,31). The lowest BCUT2D eigenvalue weighted by atomic mass is 10.1. The first kappa shape index (κ1) is 21.6. The largest absolute Gasteiger partial charge is 0.487 e. The van der Waals surface area contributed by atoms with Gasteiger partial charge in [0.2, 0.25) is 0 Å². The van der Waals surface area contributed by atoms with Crippen molar-refractivity contribution in [3.8, 4) is 5.75 Å². The molecule has 1 saturated heterocycles. The van der Waals surface area contributed by atoms with Crippen LogP contribution in [0.25, 0.3) is 0 Å². The van der Waals surface area contributed by atoms with Gasteiger partial charge in [-0.2, -0.15) is 0 Å². The Balaban J connectivity index is 1.17. The molecule has 0 unspecified atom stereocenters. The summed E-state index contributed by atoms with van der Waals surface area (Å²) in [6.45, 7) is 4.69. The molecule has 0 saturated carbocycles. The molecule has 32 heavy (non-hydrogen) atoms. The number of nitrogens with zero attached hydrogens (tertiary/aromatic N) is 3. The molecule has 0 radical (unpaired) electrons. The molecular weight excluding hydrogens is 402 g/mol. The summed E-state index contributed by atoms with van der Waals surface area (Å²) < 4.78 is 5.75. The molecule has 4 rings (SSSR count). The van der Waals surface area contributed by atoms with E-state index < -0.39 is 0 Å². The van der Waals surface area contributed by atoms with Crippen LogP contribution >= 0.6 is 0 Å². The molecule has 7 heteroatoms. The summed E-state index contributed by atoms with van der Waals surface area (Å²) in [5, 5.41) is 6.04. The lowest BCUT2D eigenvalue weighted by Gasteiger charge is -2.33. The highest BCUT2D eigenvalue weighted by atomic mass is 16.5. The molecule has 0 aliphatic carbocycles. The zero-order valence-electron chi connectivity index (χ0n) is 18.3. The maximum absolute atomic E-state index is 12.3. The number of aryl methyl sites for hydroxylation is 1. The average Bonchev–Trinajstić information content (AvgIpc) is 2.83. The predicted molar refractivity (Wildman–Crippen MR) is 125 cm³/mol. The van der Waals surface area contributed by atoms with Crippen molar-refractivity contribution in [2.24, 2.45) is 0 Å². The van der Waals surface area contributed by atoms with Gasteiger partial charge in [-0.15, -0.1) is 0 Å². The Kier molecular flexibility index (Phi) is 7.17. The average molecular weight is 432 g/mol. The van der Waals surface area contributed by atoms with Gasteiger partial charge >= 0.3 is 6.03 Å². The van der Waals surface area contributed by atoms with Crippen molar-refractivity contribution in [2.45, 2.75) is 39.0 Å². The normalized spacial score (nSPS) is 14.1. The molecule has 2 aromatic heterocycles. The number of pyridine rings is 2. The number of piperidine rings is 1. The second-order valence-electron chi connectivity index (χ2n) is 7.98. The second kappa shape index (κ2) is 10.6. The molecule has 3 heterocycles. The number of carbonyl (C=O) groups is 1. The smallest absolute Gasteiger partial charge is 0.315 e. The van der Waals surface area contributed by atoms with Crippen LogP contribution in [-0.4, -0.2) is 35.1 Å². The van der Waals surface area contributed by atoms with Gasteiger partial charge in [-0.3, -0.25) is 4.98 Å². The summed E-state index contributed by atoms with van der Waals surface area (Å²) in [5.74, 6) is 1.79. The fourth-order valence-electron chi connectivity index (χ4n) is 3.72. The molecule has 1 aromatic carbocycles. The van der Waals surface area contributed by atoms with Crippen LogP contribution < -0.4 is 20.3 Å². The Hall–Kier alpha value is -3.61. The summed E-state index contributed by atoms with van der Waals surface area (Å²) in [5.41, 5.74) is 2.93. The topological polar surface area (TPSA) is 79.4 Å². The van der Waals surface area contributed by atoms with Crippen molar-refractivity contribution in [2.75, 3.05) is 18.0 Å². The van der Waals surface area contributed by atoms with Crippen molar-refractivity contribution in [1.29, 1.82) is 0 Å². The van der Waals surface area contributed by atoms with Gasteiger partial charge in [0.05, 0.1) is 5.69 Å². The van der Waals surface area contributed by atoms with Gasteiger partial charge < -0.3 is 20.3 Å². The maximum atomic E-state index is 12.3. The van der Waals surface area contributed by atoms with Gasteiger partial charge in [-0.25, -0.2) is 9.78 Å². The zero-order chi connectivity index (χ0) is 22.2. The maximum Gasteiger partial charge on any atom is 0.315 e.